The lowest BCUT2D eigenvalue weighted by Crippen LogP contribution is -2.38. The molecule has 0 aliphatic heterocycles. The molecule has 0 saturated carbocycles. The third-order valence-corrected chi connectivity index (χ3v) is 1.89. The summed E-state index contributed by atoms with van der Waals surface area (Å²) in [6, 6.07) is 1.26. The SMILES string of the molecule is Cc1cc(C[C@H](N)C(N)=O)n(C)n1. The minimum absolute atomic E-state index is 0.437. The van der Waals surface area contributed by atoms with E-state index in [-0.39, 0.29) is 0 Å². The van der Waals surface area contributed by atoms with Gasteiger partial charge in [0.1, 0.15) is 0 Å². The van der Waals surface area contributed by atoms with Gasteiger partial charge in [0.15, 0.2) is 0 Å². The first-order valence-electron chi connectivity index (χ1n) is 4.05. The van der Waals surface area contributed by atoms with Crippen molar-refractivity contribution in [2.75, 3.05) is 0 Å². The number of aromatic nitrogens is 2. The molecule has 5 nitrogen and oxygen atoms in total. The average molecular weight is 182 g/mol. The fourth-order valence-electron chi connectivity index (χ4n) is 1.18. The molecule has 5 heteroatoms. The highest BCUT2D eigenvalue weighted by molar-refractivity contribution is 5.79. The summed E-state index contributed by atoms with van der Waals surface area (Å²) in [6.07, 6.45) is 0.437. The summed E-state index contributed by atoms with van der Waals surface area (Å²) in [5.41, 5.74) is 12.4. The third-order valence-electron chi connectivity index (χ3n) is 1.89. The summed E-state index contributed by atoms with van der Waals surface area (Å²) >= 11 is 0. The van der Waals surface area contributed by atoms with Gasteiger partial charge in [-0.3, -0.25) is 9.48 Å². The Labute approximate surface area is 76.7 Å². The first-order valence-corrected chi connectivity index (χ1v) is 4.05. The number of hydrogen-bond acceptors (Lipinski definition) is 3. The zero-order chi connectivity index (χ0) is 10.0. The van der Waals surface area contributed by atoms with E-state index in [0.717, 1.165) is 11.4 Å². The van der Waals surface area contributed by atoms with E-state index in [4.69, 9.17) is 11.5 Å². The minimum atomic E-state index is -0.630. The van der Waals surface area contributed by atoms with Crippen LogP contribution in [0.1, 0.15) is 11.4 Å². The number of primary amides is 1. The van der Waals surface area contributed by atoms with Crippen LogP contribution in [0.3, 0.4) is 0 Å². The Morgan fingerprint density at radius 2 is 2.38 bits per heavy atom. The Balaban J connectivity index is 2.74. The summed E-state index contributed by atoms with van der Waals surface area (Å²) in [6.45, 7) is 1.89. The Morgan fingerprint density at radius 1 is 1.77 bits per heavy atom. The molecule has 0 radical (unpaired) electrons. The number of aryl methyl sites for hydroxylation is 2. The first kappa shape index (κ1) is 9.73. The van der Waals surface area contributed by atoms with Gasteiger partial charge >= 0.3 is 0 Å². The molecule has 0 bridgehead atoms. The highest BCUT2D eigenvalue weighted by Crippen LogP contribution is 2.03. The van der Waals surface area contributed by atoms with Crippen molar-refractivity contribution >= 4 is 5.91 Å². The van der Waals surface area contributed by atoms with Crippen molar-refractivity contribution in [1.82, 2.24) is 9.78 Å². The average Bonchev–Trinajstić information content (AvgIpc) is 2.30. The van der Waals surface area contributed by atoms with Crippen molar-refractivity contribution in [3.63, 3.8) is 0 Å². The highest BCUT2D eigenvalue weighted by atomic mass is 16.1. The maximum Gasteiger partial charge on any atom is 0.234 e. The largest absolute Gasteiger partial charge is 0.368 e. The number of nitrogens with two attached hydrogens (primary N) is 2. The zero-order valence-electron chi connectivity index (χ0n) is 7.82. The zero-order valence-corrected chi connectivity index (χ0v) is 7.82. The van der Waals surface area contributed by atoms with Crippen molar-refractivity contribution < 1.29 is 4.79 Å². The summed E-state index contributed by atoms with van der Waals surface area (Å²) in [5.74, 6) is -0.487. The molecule has 1 heterocycles. The van der Waals surface area contributed by atoms with Gasteiger partial charge in [0.25, 0.3) is 0 Å². The molecule has 0 spiro atoms. The van der Waals surface area contributed by atoms with Crippen LogP contribution in [0.4, 0.5) is 0 Å². The van der Waals surface area contributed by atoms with E-state index in [1.54, 1.807) is 4.68 Å². The van der Waals surface area contributed by atoms with E-state index in [1.807, 2.05) is 20.0 Å². The van der Waals surface area contributed by atoms with E-state index >= 15 is 0 Å². The van der Waals surface area contributed by atoms with Gasteiger partial charge in [0.05, 0.1) is 11.7 Å². The van der Waals surface area contributed by atoms with E-state index in [1.165, 1.54) is 0 Å². The standard InChI is InChI=1S/C8H14N4O/c1-5-3-6(12(2)11-5)4-7(9)8(10)13/h3,7H,4,9H2,1-2H3,(H2,10,13)/t7-/m0/s1. The molecule has 0 aliphatic rings. The normalized spacial score (nSPS) is 12.8. The van der Waals surface area contributed by atoms with Crippen LogP contribution in [0.25, 0.3) is 0 Å². The van der Waals surface area contributed by atoms with Crippen molar-refractivity contribution in [2.45, 2.75) is 19.4 Å². The molecular weight excluding hydrogens is 168 g/mol. The summed E-state index contributed by atoms with van der Waals surface area (Å²) in [4.78, 5) is 10.7. The summed E-state index contributed by atoms with van der Waals surface area (Å²) < 4.78 is 1.71. The molecule has 0 saturated heterocycles. The Hall–Kier alpha value is -1.36. The molecule has 72 valence electrons. The first-order chi connectivity index (χ1) is 6.00. The van der Waals surface area contributed by atoms with Gasteiger partial charge < -0.3 is 11.5 Å². The minimum Gasteiger partial charge on any atom is -0.368 e. The molecule has 13 heavy (non-hydrogen) atoms. The molecule has 1 aromatic rings. The van der Waals surface area contributed by atoms with Gasteiger partial charge in [-0.2, -0.15) is 5.10 Å². The smallest absolute Gasteiger partial charge is 0.234 e. The second kappa shape index (κ2) is 3.57. The third kappa shape index (κ3) is 2.29. The van der Waals surface area contributed by atoms with Gasteiger partial charge in [-0.15, -0.1) is 0 Å². The highest BCUT2D eigenvalue weighted by Gasteiger charge is 2.12. The molecule has 1 rings (SSSR count). The molecule has 0 aliphatic carbocycles. The Bertz CT molecular complexity index is 318. The molecule has 0 unspecified atom stereocenters. The van der Waals surface area contributed by atoms with Crippen molar-refractivity contribution in [3.8, 4) is 0 Å². The Kier molecular flexibility index (Phi) is 2.67. The molecule has 4 N–H and O–H groups in total. The van der Waals surface area contributed by atoms with Crippen molar-refractivity contribution in [3.05, 3.63) is 17.5 Å². The van der Waals surface area contributed by atoms with Gasteiger partial charge in [-0.1, -0.05) is 0 Å². The number of nitrogens with zero attached hydrogens (tertiary/aromatic N) is 2. The monoisotopic (exact) mass is 182 g/mol. The fourth-order valence-corrected chi connectivity index (χ4v) is 1.18. The predicted octanol–water partition coefficient (Wildman–Crippen LogP) is -0.916. The second-order valence-corrected chi connectivity index (χ2v) is 3.11. The van der Waals surface area contributed by atoms with Crippen LogP contribution < -0.4 is 11.5 Å². The van der Waals surface area contributed by atoms with Gasteiger partial charge in [0.2, 0.25) is 5.91 Å². The topological polar surface area (TPSA) is 86.9 Å². The van der Waals surface area contributed by atoms with Gasteiger partial charge in [-0.25, -0.2) is 0 Å². The second-order valence-electron chi connectivity index (χ2n) is 3.11. The predicted molar refractivity (Wildman–Crippen MR) is 48.8 cm³/mol. The van der Waals surface area contributed by atoms with Gasteiger partial charge in [-0.05, 0) is 13.0 Å². The lowest BCUT2D eigenvalue weighted by Gasteiger charge is -2.06. The van der Waals surface area contributed by atoms with E-state index in [0.29, 0.717) is 6.42 Å². The van der Waals surface area contributed by atoms with Crippen molar-refractivity contribution in [1.29, 1.82) is 0 Å². The maximum absolute atomic E-state index is 10.7. The Morgan fingerprint density at radius 3 is 2.77 bits per heavy atom. The van der Waals surface area contributed by atoms with Crippen molar-refractivity contribution in [2.24, 2.45) is 18.5 Å². The fraction of sp³-hybridized carbons (Fsp3) is 0.500. The quantitative estimate of drug-likeness (QED) is 0.634. The van der Waals surface area contributed by atoms with E-state index in [9.17, 15) is 4.79 Å². The lowest BCUT2D eigenvalue weighted by atomic mass is 10.1. The van der Waals surface area contributed by atoms with Crippen LogP contribution in [0.2, 0.25) is 0 Å². The lowest BCUT2D eigenvalue weighted by molar-refractivity contribution is -0.119. The van der Waals surface area contributed by atoms with Crippen LogP contribution in [-0.4, -0.2) is 21.7 Å². The number of hydrogen-bond donors (Lipinski definition) is 2. The van der Waals surface area contributed by atoms with Gasteiger partial charge in [0, 0.05) is 19.2 Å². The van der Waals surface area contributed by atoms with Crippen LogP contribution in [0, 0.1) is 6.92 Å². The molecule has 0 fully saturated rings. The molecule has 1 atom stereocenters. The van der Waals surface area contributed by atoms with E-state index < -0.39 is 11.9 Å². The van der Waals surface area contributed by atoms with Crippen LogP contribution in [0.5, 0.6) is 0 Å². The van der Waals surface area contributed by atoms with E-state index in [2.05, 4.69) is 5.10 Å². The molecule has 1 amide bonds. The molecule has 0 aromatic carbocycles. The van der Waals surface area contributed by atoms with Crippen LogP contribution >= 0.6 is 0 Å². The summed E-state index contributed by atoms with van der Waals surface area (Å²) in [7, 11) is 1.82. The number of carbonyl (C=O) groups excluding carboxylic acids is 1. The maximum atomic E-state index is 10.7. The summed E-state index contributed by atoms with van der Waals surface area (Å²) in [5, 5.41) is 4.13. The van der Waals surface area contributed by atoms with Crippen LogP contribution in [-0.2, 0) is 18.3 Å². The molecular formula is C8H14N4O. The number of rotatable bonds is 3. The van der Waals surface area contributed by atoms with Crippen LogP contribution in [0.15, 0.2) is 6.07 Å². The number of carbonyl (C=O) groups is 1. The molecule has 1 aromatic heterocycles. The number of amides is 1.